The summed E-state index contributed by atoms with van der Waals surface area (Å²) in [6.07, 6.45) is 1.44. The van der Waals surface area contributed by atoms with Crippen LogP contribution in [-0.2, 0) is 11.4 Å². The van der Waals surface area contributed by atoms with Gasteiger partial charge in [0.2, 0.25) is 0 Å². The van der Waals surface area contributed by atoms with Crippen molar-refractivity contribution in [2.45, 2.75) is 13.5 Å². The maximum absolute atomic E-state index is 13.4. The van der Waals surface area contributed by atoms with E-state index in [2.05, 4.69) is 21.2 Å². The number of anilines is 1. The summed E-state index contributed by atoms with van der Waals surface area (Å²) in [5.41, 5.74) is 2.33. The molecule has 3 aromatic carbocycles. The monoisotopic (exact) mass is 528 g/mol. The van der Waals surface area contributed by atoms with E-state index in [0.717, 1.165) is 0 Å². The van der Waals surface area contributed by atoms with Crippen molar-refractivity contribution in [1.29, 1.82) is 5.26 Å². The van der Waals surface area contributed by atoms with Crippen molar-refractivity contribution in [1.82, 2.24) is 0 Å². The van der Waals surface area contributed by atoms with Gasteiger partial charge in [0.05, 0.1) is 11.6 Å². The molecule has 168 valence electrons. The van der Waals surface area contributed by atoms with Crippen LogP contribution in [0.4, 0.5) is 10.1 Å². The Balaban J connectivity index is 1.84. The number of amides is 1. The van der Waals surface area contributed by atoms with Gasteiger partial charge in [0.1, 0.15) is 24.1 Å². The van der Waals surface area contributed by atoms with Gasteiger partial charge >= 0.3 is 0 Å². The van der Waals surface area contributed by atoms with Crippen LogP contribution in [0.1, 0.15) is 16.7 Å². The van der Waals surface area contributed by atoms with Crippen LogP contribution in [0.2, 0.25) is 5.02 Å². The van der Waals surface area contributed by atoms with Crippen LogP contribution < -0.4 is 14.8 Å². The van der Waals surface area contributed by atoms with Gasteiger partial charge in [-0.25, -0.2) is 4.39 Å². The first kappa shape index (κ1) is 24.3. The van der Waals surface area contributed by atoms with Crippen LogP contribution in [-0.4, -0.2) is 13.0 Å². The lowest BCUT2D eigenvalue weighted by Crippen LogP contribution is -2.14. The van der Waals surface area contributed by atoms with Gasteiger partial charge < -0.3 is 14.8 Å². The SMILES string of the molecule is COc1cc(/C=C(/C#N)C(=O)Nc2cccc(Cl)c2C)cc(Br)c1OCc1cccc(F)c1. The summed E-state index contributed by atoms with van der Waals surface area (Å²) in [4.78, 5) is 12.7. The quantitative estimate of drug-likeness (QED) is 0.274. The molecule has 0 aliphatic rings. The van der Waals surface area contributed by atoms with Gasteiger partial charge in [0, 0.05) is 10.7 Å². The third-order valence-electron chi connectivity index (χ3n) is 4.72. The number of benzene rings is 3. The number of carbonyl (C=O) groups is 1. The standard InChI is InChI=1S/C25H19BrClFN2O3/c1-15-21(27)7-4-8-22(15)30-25(31)18(13-29)9-17-11-20(26)24(23(12-17)32-2)33-14-16-5-3-6-19(28)10-16/h3-12H,14H2,1-2H3,(H,30,31)/b18-9-. The molecule has 0 unspecified atom stereocenters. The molecule has 3 rings (SSSR count). The lowest BCUT2D eigenvalue weighted by molar-refractivity contribution is -0.112. The van der Waals surface area contributed by atoms with Crippen molar-refractivity contribution in [2.75, 3.05) is 12.4 Å². The topological polar surface area (TPSA) is 71.3 Å². The molecule has 0 aliphatic carbocycles. The highest BCUT2D eigenvalue weighted by molar-refractivity contribution is 9.10. The van der Waals surface area contributed by atoms with E-state index in [-0.39, 0.29) is 18.0 Å². The highest BCUT2D eigenvalue weighted by Gasteiger charge is 2.15. The molecule has 0 saturated carbocycles. The Bertz CT molecular complexity index is 1270. The average Bonchev–Trinajstić information content (AvgIpc) is 2.79. The maximum atomic E-state index is 13.4. The van der Waals surface area contributed by atoms with E-state index in [9.17, 15) is 14.4 Å². The third kappa shape index (κ3) is 6.13. The molecule has 0 radical (unpaired) electrons. The maximum Gasteiger partial charge on any atom is 0.266 e. The van der Waals surface area contributed by atoms with Gasteiger partial charge in [-0.2, -0.15) is 5.26 Å². The van der Waals surface area contributed by atoms with Gasteiger partial charge in [-0.15, -0.1) is 0 Å². The highest BCUT2D eigenvalue weighted by Crippen LogP contribution is 2.38. The second-order valence-corrected chi connectivity index (χ2v) is 8.25. The number of hydrogen-bond acceptors (Lipinski definition) is 4. The lowest BCUT2D eigenvalue weighted by Gasteiger charge is -2.14. The first-order valence-corrected chi connectivity index (χ1v) is 10.9. The van der Waals surface area contributed by atoms with Crippen molar-refractivity contribution < 1.29 is 18.7 Å². The Morgan fingerprint density at radius 3 is 2.70 bits per heavy atom. The summed E-state index contributed by atoms with van der Waals surface area (Å²) in [5.74, 6) is -0.117. The van der Waals surface area contributed by atoms with Crippen molar-refractivity contribution in [3.8, 4) is 17.6 Å². The molecule has 0 aliphatic heterocycles. The molecule has 1 N–H and O–H groups in total. The van der Waals surface area contributed by atoms with Crippen molar-refractivity contribution in [3.63, 3.8) is 0 Å². The zero-order valence-corrected chi connectivity index (χ0v) is 20.1. The number of nitrogens with one attached hydrogen (secondary N) is 1. The second-order valence-electron chi connectivity index (χ2n) is 6.99. The summed E-state index contributed by atoms with van der Waals surface area (Å²) >= 11 is 9.54. The normalized spacial score (nSPS) is 11.0. The largest absolute Gasteiger partial charge is 0.493 e. The van der Waals surface area contributed by atoms with E-state index in [1.807, 2.05) is 6.07 Å². The highest BCUT2D eigenvalue weighted by atomic mass is 79.9. The summed E-state index contributed by atoms with van der Waals surface area (Å²) in [7, 11) is 1.48. The number of halogens is 3. The van der Waals surface area contributed by atoms with E-state index in [1.54, 1.807) is 49.4 Å². The van der Waals surface area contributed by atoms with Gasteiger partial charge in [0.15, 0.2) is 11.5 Å². The summed E-state index contributed by atoms with van der Waals surface area (Å²) in [6, 6.07) is 16.5. The van der Waals surface area contributed by atoms with Crippen molar-refractivity contribution in [3.05, 3.63) is 92.2 Å². The fourth-order valence-corrected chi connectivity index (χ4v) is 3.74. The Morgan fingerprint density at radius 1 is 1.24 bits per heavy atom. The summed E-state index contributed by atoms with van der Waals surface area (Å²) in [5, 5.41) is 12.8. The van der Waals surface area contributed by atoms with E-state index >= 15 is 0 Å². The fraction of sp³-hybridized carbons (Fsp3) is 0.120. The zero-order valence-electron chi connectivity index (χ0n) is 17.8. The average molecular weight is 530 g/mol. The number of hydrogen-bond donors (Lipinski definition) is 1. The molecule has 0 aromatic heterocycles. The summed E-state index contributed by atoms with van der Waals surface area (Å²) in [6.45, 7) is 1.91. The van der Waals surface area contributed by atoms with Gasteiger partial charge in [-0.3, -0.25) is 4.79 Å². The number of carbonyl (C=O) groups excluding carboxylic acids is 1. The van der Waals surface area contributed by atoms with Crippen LogP contribution in [0.3, 0.4) is 0 Å². The number of methoxy groups -OCH3 is 1. The van der Waals surface area contributed by atoms with Crippen LogP contribution in [0, 0.1) is 24.1 Å². The van der Waals surface area contributed by atoms with Crippen LogP contribution in [0.25, 0.3) is 6.08 Å². The molecule has 0 atom stereocenters. The Morgan fingerprint density at radius 2 is 2.00 bits per heavy atom. The Hall–Kier alpha value is -3.34. The molecule has 0 bridgehead atoms. The van der Waals surface area contributed by atoms with Crippen molar-refractivity contribution >= 4 is 45.2 Å². The smallest absolute Gasteiger partial charge is 0.266 e. The minimum Gasteiger partial charge on any atom is -0.493 e. The molecule has 0 heterocycles. The van der Waals surface area contributed by atoms with Crippen LogP contribution in [0.15, 0.2) is 64.6 Å². The molecular weight excluding hydrogens is 511 g/mol. The van der Waals surface area contributed by atoms with E-state index < -0.39 is 5.91 Å². The third-order valence-corrected chi connectivity index (χ3v) is 5.71. The van der Waals surface area contributed by atoms with E-state index in [4.69, 9.17) is 21.1 Å². The molecular formula is C25H19BrClFN2O3. The first-order valence-electron chi connectivity index (χ1n) is 9.75. The molecule has 3 aromatic rings. The van der Waals surface area contributed by atoms with Crippen LogP contribution >= 0.6 is 27.5 Å². The lowest BCUT2D eigenvalue weighted by atomic mass is 10.1. The minimum absolute atomic E-state index is 0.100. The molecule has 8 heteroatoms. The molecule has 33 heavy (non-hydrogen) atoms. The summed E-state index contributed by atoms with van der Waals surface area (Å²) < 4.78 is 25.2. The van der Waals surface area contributed by atoms with Crippen LogP contribution in [0.5, 0.6) is 11.5 Å². The number of nitriles is 1. The molecule has 0 saturated heterocycles. The molecule has 0 spiro atoms. The Labute approximate surface area is 204 Å². The predicted octanol–water partition coefficient (Wildman–Crippen LogP) is 6.68. The fourth-order valence-electron chi connectivity index (χ4n) is 2.99. The first-order chi connectivity index (χ1) is 15.8. The van der Waals surface area contributed by atoms with Crippen molar-refractivity contribution in [2.24, 2.45) is 0 Å². The van der Waals surface area contributed by atoms with Gasteiger partial charge in [0.25, 0.3) is 5.91 Å². The number of ether oxygens (including phenoxy) is 2. The Kier molecular flexibility index (Phi) is 8.10. The number of rotatable bonds is 7. The van der Waals surface area contributed by atoms with Gasteiger partial charge in [-0.05, 0) is 82.0 Å². The molecule has 0 fully saturated rings. The van der Waals surface area contributed by atoms with E-state index in [1.165, 1.54) is 25.3 Å². The van der Waals surface area contributed by atoms with Gasteiger partial charge in [-0.1, -0.05) is 29.8 Å². The zero-order chi connectivity index (χ0) is 24.0. The predicted molar refractivity (Wildman–Crippen MR) is 130 cm³/mol. The van der Waals surface area contributed by atoms with E-state index in [0.29, 0.717) is 43.4 Å². The minimum atomic E-state index is -0.565. The molecule has 5 nitrogen and oxygen atoms in total. The second kappa shape index (κ2) is 11.0. The number of nitrogens with zero attached hydrogens (tertiary/aromatic N) is 1. The molecule has 1 amide bonds.